The summed E-state index contributed by atoms with van der Waals surface area (Å²) in [4.78, 5) is 37.4. The summed E-state index contributed by atoms with van der Waals surface area (Å²) in [7, 11) is 1.23. The summed E-state index contributed by atoms with van der Waals surface area (Å²) in [5.74, 6) is -0.312. The van der Waals surface area contributed by atoms with Crippen LogP contribution in [0, 0.1) is 0 Å². The Morgan fingerprint density at radius 2 is 1.53 bits per heavy atom. The predicted molar refractivity (Wildman–Crippen MR) is 132 cm³/mol. The number of hydrogen-bond acceptors (Lipinski definition) is 7. The number of alkyl carbamates (subject to hydrolysis) is 2. The molecular formula is C25H30N2O6S. The first-order valence-electron chi connectivity index (χ1n) is 10.6. The second-order valence-corrected chi connectivity index (χ2v) is 9.13. The molecule has 0 heterocycles. The van der Waals surface area contributed by atoms with Crippen molar-refractivity contribution in [3.63, 3.8) is 0 Å². The fraction of sp³-hybridized carbons (Fsp3) is 0.320. The van der Waals surface area contributed by atoms with Gasteiger partial charge in [0.25, 0.3) is 0 Å². The van der Waals surface area contributed by atoms with E-state index < -0.39 is 23.8 Å². The lowest BCUT2D eigenvalue weighted by molar-refractivity contribution is -0.136. The normalized spacial score (nSPS) is 11.6. The van der Waals surface area contributed by atoms with Crippen molar-refractivity contribution < 1.29 is 28.6 Å². The molecule has 0 aliphatic rings. The number of ether oxygens (including phenoxy) is 3. The fourth-order valence-electron chi connectivity index (χ4n) is 2.67. The van der Waals surface area contributed by atoms with Gasteiger partial charge in [-0.25, -0.2) is 14.4 Å². The summed E-state index contributed by atoms with van der Waals surface area (Å²) < 4.78 is 15.4. The lowest BCUT2D eigenvalue weighted by atomic mass is 10.2. The summed E-state index contributed by atoms with van der Waals surface area (Å²) in [5, 5.41) is 5.20. The minimum Gasteiger partial charge on any atom is -0.464 e. The van der Waals surface area contributed by atoms with E-state index in [9.17, 15) is 14.4 Å². The van der Waals surface area contributed by atoms with Gasteiger partial charge in [-0.2, -0.15) is 0 Å². The van der Waals surface area contributed by atoms with Crippen LogP contribution < -0.4 is 10.6 Å². The third kappa shape index (κ3) is 9.58. The number of benzene rings is 2. The van der Waals surface area contributed by atoms with Gasteiger partial charge in [0.2, 0.25) is 0 Å². The van der Waals surface area contributed by atoms with Crippen LogP contribution in [0.4, 0.5) is 9.59 Å². The minimum absolute atomic E-state index is 0.0472. The lowest BCUT2D eigenvalue weighted by Crippen LogP contribution is -2.33. The lowest BCUT2D eigenvalue weighted by Gasteiger charge is -2.20. The van der Waals surface area contributed by atoms with Crippen LogP contribution in [0.1, 0.15) is 31.9 Å². The zero-order valence-electron chi connectivity index (χ0n) is 19.8. The van der Waals surface area contributed by atoms with Crippen LogP contribution in [0.25, 0.3) is 4.91 Å². The van der Waals surface area contributed by atoms with E-state index in [1.807, 2.05) is 60.7 Å². The molecule has 0 saturated carbocycles. The van der Waals surface area contributed by atoms with Gasteiger partial charge in [-0.3, -0.25) is 5.32 Å². The van der Waals surface area contributed by atoms with Gasteiger partial charge in [0, 0.05) is 17.2 Å². The second kappa shape index (κ2) is 13.3. The maximum atomic E-state index is 12.6. The van der Waals surface area contributed by atoms with Crippen molar-refractivity contribution in [2.45, 2.75) is 33.0 Å². The van der Waals surface area contributed by atoms with Gasteiger partial charge < -0.3 is 19.5 Å². The first kappa shape index (κ1) is 26.8. The van der Waals surface area contributed by atoms with Crippen molar-refractivity contribution >= 4 is 34.8 Å². The predicted octanol–water partition coefficient (Wildman–Crippen LogP) is 4.71. The fourth-order valence-corrected chi connectivity index (χ4v) is 3.66. The number of methoxy groups -OCH3 is 1. The molecule has 2 amide bonds. The molecule has 0 saturated heterocycles. The van der Waals surface area contributed by atoms with E-state index in [0.29, 0.717) is 16.2 Å². The Bertz CT molecular complexity index is 987. The van der Waals surface area contributed by atoms with E-state index in [1.165, 1.54) is 18.9 Å². The zero-order valence-corrected chi connectivity index (χ0v) is 20.6. The molecular weight excluding hydrogens is 456 g/mol. The van der Waals surface area contributed by atoms with E-state index in [0.717, 1.165) is 5.56 Å². The summed E-state index contributed by atoms with van der Waals surface area (Å²) in [6.45, 7) is 5.67. The van der Waals surface area contributed by atoms with Gasteiger partial charge >= 0.3 is 18.2 Å². The van der Waals surface area contributed by atoms with Gasteiger partial charge in [-0.05, 0) is 31.9 Å². The Kier molecular flexibility index (Phi) is 10.5. The Morgan fingerprint density at radius 1 is 0.912 bits per heavy atom. The number of carbonyl (C=O) groups excluding carboxylic acids is 3. The Labute approximate surface area is 204 Å². The maximum absolute atomic E-state index is 12.6. The van der Waals surface area contributed by atoms with Gasteiger partial charge in [0.05, 0.1) is 7.11 Å². The van der Waals surface area contributed by atoms with Crippen LogP contribution in [-0.2, 0) is 25.6 Å². The highest BCUT2D eigenvalue weighted by Gasteiger charge is 2.22. The highest BCUT2D eigenvalue weighted by Crippen LogP contribution is 2.30. The van der Waals surface area contributed by atoms with Gasteiger partial charge in [0.15, 0.2) is 0 Å². The zero-order chi connectivity index (χ0) is 25.0. The van der Waals surface area contributed by atoms with Gasteiger partial charge in [0.1, 0.15) is 17.9 Å². The molecule has 0 radical (unpaired) electrons. The third-order valence-corrected chi connectivity index (χ3v) is 5.25. The van der Waals surface area contributed by atoms with Gasteiger partial charge in [-0.15, -0.1) is 11.8 Å². The largest absolute Gasteiger partial charge is 0.464 e. The van der Waals surface area contributed by atoms with E-state index in [2.05, 4.69) is 10.6 Å². The summed E-state index contributed by atoms with van der Waals surface area (Å²) in [6, 6.07) is 18.3. The van der Waals surface area contributed by atoms with Crippen LogP contribution in [0.2, 0.25) is 0 Å². The van der Waals surface area contributed by atoms with Crippen LogP contribution in [-0.4, -0.2) is 43.2 Å². The number of thioether (sulfide) groups is 1. The molecule has 2 aromatic rings. The maximum Gasteiger partial charge on any atom is 0.412 e. The van der Waals surface area contributed by atoms with Gasteiger partial charge in [-0.1, -0.05) is 60.7 Å². The van der Waals surface area contributed by atoms with Crippen LogP contribution in [0.5, 0.6) is 0 Å². The quantitative estimate of drug-likeness (QED) is 0.229. The average Bonchev–Trinajstić information content (AvgIpc) is 2.81. The Morgan fingerprint density at radius 3 is 2.12 bits per heavy atom. The molecule has 2 rings (SSSR count). The van der Waals surface area contributed by atoms with Crippen molar-refractivity contribution in [2.75, 3.05) is 19.4 Å². The summed E-state index contributed by atoms with van der Waals surface area (Å²) in [5.41, 5.74) is 0.865. The highest BCUT2D eigenvalue weighted by molar-refractivity contribution is 8.08. The van der Waals surface area contributed by atoms with Crippen molar-refractivity contribution in [1.82, 2.24) is 10.6 Å². The number of rotatable bonds is 9. The minimum atomic E-state index is -0.787. The first-order chi connectivity index (χ1) is 16.2. The average molecular weight is 487 g/mol. The summed E-state index contributed by atoms with van der Waals surface area (Å²) >= 11 is 1.28. The SMILES string of the molecule is COC(=O)C(NC(=O)OCc1ccccc1)=C(SCCNC(=O)OC(C)(C)C)c1ccccc1. The smallest absolute Gasteiger partial charge is 0.412 e. The van der Waals surface area contributed by atoms with Crippen LogP contribution >= 0.6 is 11.8 Å². The molecule has 34 heavy (non-hydrogen) atoms. The second-order valence-electron chi connectivity index (χ2n) is 8.03. The molecule has 0 fully saturated rings. The summed E-state index contributed by atoms with van der Waals surface area (Å²) in [6.07, 6.45) is -1.32. The topological polar surface area (TPSA) is 103 Å². The molecule has 2 aromatic carbocycles. The molecule has 2 N–H and O–H groups in total. The first-order valence-corrected chi connectivity index (χ1v) is 11.6. The number of amides is 2. The molecule has 182 valence electrons. The van der Waals surface area contributed by atoms with Crippen molar-refractivity contribution in [2.24, 2.45) is 0 Å². The van der Waals surface area contributed by atoms with E-state index in [4.69, 9.17) is 14.2 Å². The van der Waals surface area contributed by atoms with E-state index >= 15 is 0 Å². The van der Waals surface area contributed by atoms with E-state index in [-0.39, 0.29) is 18.8 Å². The Hall–Kier alpha value is -3.46. The molecule has 0 unspecified atom stereocenters. The standard InChI is InChI=1S/C25H30N2O6S/c1-25(2,3)33-23(29)26-15-16-34-21(19-13-9-6-10-14-19)20(22(28)31-4)27-24(30)32-17-18-11-7-5-8-12-18/h5-14H,15-17H2,1-4H3,(H,26,29)(H,27,30). The molecule has 8 nitrogen and oxygen atoms in total. The monoisotopic (exact) mass is 486 g/mol. The molecule has 0 aliphatic carbocycles. The number of nitrogens with one attached hydrogen (secondary N) is 2. The number of hydrogen-bond donors (Lipinski definition) is 2. The molecule has 0 spiro atoms. The molecule has 0 aliphatic heterocycles. The van der Waals surface area contributed by atoms with Crippen LogP contribution in [0.3, 0.4) is 0 Å². The Balaban J connectivity index is 2.15. The van der Waals surface area contributed by atoms with E-state index in [1.54, 1.807) is 20.8 Å². The highest BCUT2D eigenvalue weighted by atomic mass is 32.2. The number of carbonyl (C=O) groups is 3. The van der Waals surface area contributed by atoms with Crippen molar-refractivity contribution in [1.29, 1.82) is 0 Å². The molecule has 0 bridgehead atoms. The van der Waals surface area contributed by atoms with Crippen molar-refractivity contribution in [3.8, 4) is 0 Å². The molecule has 0 aromatic heterocycles. The number of esters is 1. The third-order valence-electron chi connectivity index (χ3n) is 4.11. The van der Waals surface area contributed by atoms with Crippen LogP contribution in [0.15, 0.2) is 66.4 Å². The molecule has 0 atom stereocenters. The molecule has 9 heteroatoms. The van der Waals surface area contributed by atoms with Crippen molar-refractivity contribution in [3.05, 3.63) is 77.5 Å².